The van der Waals surface area contributed by atoms with Gasteiger partial charge in [-0.15, -0.1) is 0 Å². The molecule has 0 saturated heterocycles. The van der Waals surface area contributed by atoms with Crippen molar-refractivity contribution in [3.63, 3.8) is 0 Å². The van der Waals surface area contributed by atoms with Crippen molar-refractivity contribution in [1.29, 1.82) is 0 Å². The highest BCUT2D eigenvalue weighted by atomic mass is 127. The summed E-state index contributed by atoms with van der Waals surface area (Å²) in [5.74, 6) is 0. The molecule has 0 spiro atoms. The third-order valence-corrected chi connectivity index (χ3v) is 3.55. The Kier molecular flexibility index (Phi) is 2.35. The topological polar surface area (TPSA) is 58.9 Å². The lowest BCUT2D eigenvalue weighted by Gasteiger charge is -1.96. The molecule has 0 radical (unpaired) electrons. The molecule has 3 N–H and O–H groups in total. The number of nitrogens with one attached hydrogen (secondary N) is 1. The van der Waals surface area contributed by atoms with E-state index in [1.165, 1.54) is 0 Å². The third kappa shape index (κ3) is 1.34. The van der Waals surface area contributed by atoms with E-state index in [9.17, 15) is 4.79 Å². The molecule has 5 heteroatoms. The molecule has 1 rings (SSSR count). The van der Waals surface area contributed by atoms with Crippen LogP contribution in [-0.2, 0) is 0 Å². The van der Waals surface area contributed by atoms with E-state index >= 15 is 0 Å². The van der Waals surface area contributed by atoms with Crippen molar-refractivity contribution in [3.05, 3.63) is 24.6 Å². The van der Waals surface area contributed by atoms with Gasteiger partial charge in [-0.25, -0.2) is 0 Å². The zero-order valence-electron chi connectivity index (χ0n) is 4.82. The van der Waals surface area contributed by atoms with Crippen LogP contribution in [0.25, 0.3) is 0 Å². The lowest BCUT2D eigenvalue weighted by atomic mass is 10.4. The summed E-state index contributed by atoms with van der Waals surface area (Å²) in [5, 5.41) is 0. The second kappa shape index (κ2) is 2.91. The first-order valence-electron chi connectivity index (χ1n) is 2.45. The van der Waals surface area contributed by atoms with Crippen LogP contribution in [-0.4, -0.2) is 4.98 Å². The molecule has 1 aromatic heterocycles. The molecule has 1 aromatic rings. The Hall–Kier alpha value is -0.0400. The van der Waals surface area contributed by atoms with Crippen molar-refractivity contribution in [3.8, 4) is 0 Å². The summed E-state index contributed by atoms with van der Waals surface area (Å²) in [6.45, 7) is 0. The number of pyridine rings is 1. The molecule has 1 heterocycles. The summed E-state index contributed by atoms with van der Waals surface area (Å²) in [4.78, 5) is 13.3. The number of anilines is 1. The van der Waals surface area contributed by atoms with Crippen molar-refractivity contribution >= 4 is 44.2 Å². The second-order valence-corrected chi connectivity index (χ2v) is 3.63. The van der Waals surface area contributed by atoms with Crippen LogP contribution in [0.3, 0.4) is 0 Å². The molecule has 0 fully saturated rings. The van der Waals surface area contributed by atoms with Gasteiger partial charge in [-0.3, -0.25) is 4.79 Å². The van der Waals surface area contributed by atoms with Crippen LogP contribution in [0.5, 0.6) is 0 Å². The van der Waals surface area contributed by atoms with Crippen LogP contribution in [0.1, 0.15) is 0 Å². The smallest absolute Gasteiger partial charge is 0.272 e. The Balaban J connectivity index is 3.49. The quantitative estimate of drug-likeness (QED) is 0.710. The maximum absolute atomic E-state index is 10.8. The highest BCUT2D eigenvalue weighted by Gasteiger charge is 2.02. The largest absolute Gasteiger partial charge is 0.393 e. The standard InChI is InChI=1S/C5H4BrIN2O/c6-2-1-9-5(10)4(8)3(2)7/h1H,8H2,(H,9,10). The summed E-state index contributed by atoms with van der Waals surface area (Å²) in [7, 11) is 0. The highest BCUT2D eigenvalue weighted by molar-refractivity contribution is 14.1. The Bertz CT molecular complexity index is 309. The molecular weight excluding hydrogens is 311 g/mol. The summed E-state index contributed by atoms with van der Waals surface area (Å²) in [6.07, 6.45) is 1.57. The molecule has 0 aliphatic carbocycles. The van der Waals surface area contributed by atoms with Gasteiger partial charge < -0.3 is 10.7 Å². The lowest BCUT2D eigenvalue weighted by Crippen LogP contribution is -2.12. The van der Waals surface area contributed by atoms with E-state index in [1.807, 2.05) is 22.6 Å². The van der Waals surface area contributed by atoms with Gasteiger partial charge in [0, 0.05) is 10.7 Å². The van der Waals surface area contributed by atoms with Crippen molar-refractivity contribution in [2.75, 3.05) is 5.73 Å². The zero-order valence-corrected chi connectivity index (χ0v) is 8.56. The summed E-state index contributed by atoms with van der Waals surface area (Å²) in [6, 6.07) is 0. The number of hydrogen-bond donors (Lipinski definition) is 2. The first-order chi connectivity index (χ1) is 4.63. The van der Waals surface area contributed by atoms with Gasteiger partial charge >= 0.3 is 0 Å². The highest BCUT2D eigenvalue weighted by Crippen LogP contribution is 2.19. The van der Waals surface area contributed by atoms with E-state index in [0.29, 0.717) is 0 Å². The molecule has 0 aliphatic rings. The molecule has 0 aliphatic heterocycles. The average Bonchev–Trinajstić information content (AvgIpc) is 1.93. The van der Waals surface area contributed by atoms with Crippen molar-refractivity contribution in [1.82, 2.24) is 4.98 Å². The van der Waals surface area contributed by atoms with Gasteiger partial charge in [-0.05, 0) is 38.5 Å². The van der Waals surface area contributed by atoms with Crippen LogP contribution in [0, 0.1) is 3.57 Å². The Morgan fingerprint density at radius 2 is 2.30 bits per heavy atom. The fraction of sp³-hybridized carbons (Fsp3) is 0. The predicted octanol–water partition coefficient (Wildman–Crippen LogP) is 1.32. The van der Waals surface area contributed by atoms with E-state index in [0.717, 1.165) is 8.04 Å². The van der Waals surface area contributed by atoms with E-state index in [4.69, 9.17) is 5.73 Å². The van der Waals surface area contributed by atoms with Gasteiger partial charge in [0.25, 0.3) is 5.56 Å². The van der Waals surface area contributed by atoms with Gasteiger partial charge in [-0.2, -0.15) is 0 Å². The molecule has 10 heavy (non-hydrogen) atoms. The van der Waals surface area contributed by atoms with E-state index in [-0.39, 0.29) is 11.2 Å². The average molecular weight is 315 g/mol. The van der Waals surface area contributed by atoms with Crippen molar-refractivity contribution < 1.29 is 0 Å². The zero-order chi connectivity index (χ0) is 7.72. The van der Waals surface area contributed by atoms with Crippen LogP contribution < -0.4 is 11.3 Å². The van der Waals surface area contributed by atoms with Crippen LogP contribution in [0.15, 0.2) is 15.5 Å². The minimum atomic E-state index is -0.243. The van der Waals surface area contributed by atoms with Gasteiger partial charge in [-0.1, -0.05) is 0 Å². The van der Waals surface area contributed by atoms with E-state index < -0.39 is 0 Å². The van der Waals surface area contributed by atoms with Crippen molar-refractivity contribution in [2.45, 2.75) is 0 Å². The second-order valence-electron chi connectivity index (χ2n) is 1.69. The first kappa shape index (κ1) is 8.06. The normalized spacial score (nSPS) is 9.80. The monoisotopic (exact) mass is 314 g/mol. The number of hydrogen-bond acceptors (Lipinski definition) is 2. The number of halogens is 2. The van der Waals surface area contributed by atoms with Gasteiger partial charge in [0.15, 0.2) is 0 Å². The maximum Gasteiger partial charge on any atom is 0.272 e. The van der Waals surface area contributed by atoms with Crippen LogP contribution in [0.4, 0.5) is 5.69 Å². The maximum atomic E-state index is 10.8. The minimum Gasteiger partial charge on any atom is -0.393 e. The van der Waals surface area contributed by atoms with E-state index in [1.54, 1.807) is 6.20 Å². The van der Waals surface area contributed by atoms with E-state index in [2.05, 4.69) is 20.9 Å². The Morgan fingerprint density at radius 1 is 1.70 bits per heavy atom. The van der Waals surface area contributed by atoms with Crippen LogP contribution in [0.2, 0.25) is 0 Å². The van der Waals surface area contributed by atoms with Gasteiger partial charge in [0.2, 0.25) is 0 Å². The van der Waals surface area contributed by atoms with Crippen LogP contribution >= 0.6 is 38.5 Å². The molecule has 0 amide bonds. The number of H-pyrrole nitrogens is 1. The Morgan fingerprint density at radius 3 is 2.80 bits per heavy atom. The number of rotatable bonds is 0. The summed E-state index contributed by atoms with van der Waals surface area (Å²) < 4.78 is 1.56. The Labute approximate surface area is 79.3 Å². The summed E-state index contributed by atoms with van der Waals surface area (Å²) in [5.41, 5.74) is 5.42. The van der Waals surface area contributed by atoms with Gasteiger partial charge in [0.1, 0.15) is 5.69 Å². The molecule has 0 atom stereocenters. The molecule has 0 saturated carbocycles. The number of nitrogens with two attached hydrogens (primary N) is 1. The van der Waals surface area contributed by atoms with Gasteiger partial charge in [0.05, 0.1) is 3.57 Å². The molecule has 3 nitrogen and oxygen atoms in total. The predicted molar refractivity (Wildman–Crippen MR) is 51.9 cm³/mol. The minimum absolute atomic E-state index is 0.243. The molecule has 0 bridgehead atoms. The number of aromatic amines is 1. The SMILES string of the molecule is Nc1c(I)c(Br)c[nH]c1=O. The third-order valence-electron chi connectivity index (χ3n) is 1.02. The number of nitrogen functional groups attached to an aromatic ring is 1. The molecule has 54 valence electrons. The molecule has 0 unspecified atom stereocenters. The first-order valence-corrected chi connectivity index (χ1v) is 4.32. The summed E-state index contributed by atoms with van der Waals surface area (Å²) >= 11 is 5.23. The molecular formula is C5H4BrIN2O. The molecule has 0 aromatic carbocycles. The fourth-order valence-corrected chi connectivity index (χ4v) is 1.23. The van der Waals surface area contributed by atoms with Crippen molar-refractivity contribution in [2.24, 2.45) is 0 Å². The lowest BCUT2D eigenvalue weighted by molar-refractivity contribution is 1.22. The fourth-order valence-electron chi connectivity index (χ4n) is 0.498. The number of aromatic nitrogens is 1.